The minimum Gasteiger partial charge on any atom is -0.354 e. The van der Waals surface area contributed by atoms with Crippen molar-refractivity contribution in [3.8, 4) is 0 Å². The lowest BCUT2D eigenvalue weighted by atomic mass is 9.96. The normalized spacial score (nSPS) is 18.7. The standard InChI is InChI=1S/C26H30N6OS/c1-20-6-4-8-22(18-20)34-25-24(28-11-12-29-25)32-13-5-7-21(19-32)26(33)31-16-14-30(15-17-31)23-9-2-3-10-27-23/h2-4,6,8-12,18,21H,5,7,13-17,19H2,1H3/t21-/m0/s1. The van der Waals surface area contributed by atoms with E-state index in [1.807, 2.05) is 29.3 Å². The number of hydrogen-bond donors (Lipinski definition) is 0. The van der Waals surface area contributed by atoms with Gasteiger partial charge in [-0.25, -0.2) is 15.0 Å². The molecule has 0 N–H and O–H groups in total. The number of amides is 1. The summed E-state index contributed by atoms with van der Waals surface area (Å²) < 4.78 is 0. The van der Waals surface area contributed by atoms with Gasteiger partial charge in [-0.1, -0.05) is 35.5 Å². The van der Waals surface area contributed by atoms with Gasteiger partial charge in [-0.3, -0.25) is 4.79 Å². The summed E-state index contributed by atoms with van der Waals surface area (Å²) in [6, 6.07) is 14.4. The van der Waals surface area contributed by atoms with Crippen LogP contribution >= 0.6 is 11.8 Å². The predicted octanol–water partition coefficient (Wildman–Crippen LogP) is 3.90. The zero-order chi connectivity index (χ0) is 23.3. The maximum Gasteiger partial charge on any atom is 0.227 e. The molecule has 1 amide bonds. The maximum absolute atomic E-state index is 13.4. The minimum absolute atomic E-state index is 0.00558. The summed E-state index contributed by atoms with van der Waals surface area (Å²) in [5, 5.41) is 0.894. The molecule has 1 atom stereocenters. The summed E-state index contributed by atoms with van der Waals surface area (Å²) in [6.45, 7) is 6.81. The number of benzene rings is 1. The van der Waals surface area contributed by atoms with Crippen molar-refractivity contribution in [2.45, 2.75) is 29.7 Å². The second kappa shape index (κ2) is 10.4. The van der Waals surface area contributed by atoms with Crippen LogP contribution in [0.2, 0.25) is 0 Å². The Balaban J connectivity index is 1.24. The van der Waals surface area contributed by atoms with Gasteiger partial charge in [0.05, 0.1) is 5.92 Å². The molecule has 0 bridgehead atoms. The molecule has 5 rings (SSSR count). The molecule has 2 aliphatic rings. The maximum atomic E-state index is 13.4. The van der Waals surface area contributed by atoms with Crippen molar-refractivity contribution in [2.75, 3.05) is 49.1 Å². The van der Waals surface area contributed by atoms with Crippen LogP contribution < -0.4 is 9.80 Å². The highest BCUT2D eigenvalue weighted by Gasteiger charge is 2.32. The molecule has 0 spiro atoms. The highest BCUT2D eigenvalue weighted by Crippen LogP contribution is 2.34. The molecule has 34 heavy (non-hydrogen) atoms. The second-order valence-electron chi connectivity index (χ2n) is 8.89. The number of anilines is 2. The summed E-state index contributed by atoms with van der Waals surface area (Å²) in [4.78, 5) is 34.9. The lowest BCUT2D eigenvalue weighted by Crippen LogP contribution is -2.53. The molecule has 0 aliphatic carbocycles. The molecule has 0 saturated carbocycles. The van der Waals surface area contributed by atoms with E-state index >= 15 is 0 Å². The first-order valence-corrected chi connectivity index (χ1v) is 12.7. The quantitative estimate of drug-likeness (QED) is 0.556. The molecule has 4 heterocycles. The van der Waals surface area contributed by atoms with Gasteiger partial charge < -0.3 is 14.7 Å². The molecular weight excluding hydrogens is 444 g/mol. The van der Waals surface area contributed by atoms with E-state index in [1.165, 1.54) is 5.56 Å². The summed E-state index contributed by atoms with van der Waals surface area (Å²) in [6.07, 6.45) is 7.22. The van der Waals surface area contributed by atoms with Crippen LogP contribution in [0.3, 0.4) is 0 Å². The van der Waals surface area contributed by atoms with E-state index in [9.17, 15) is 4.79 Å². The summed E-state index contributed by atoms with van der Waals surface area (Å²) in [5.41, 5.74) is 1.22. The Hall–Kier alpha value is -3.13. The van der Waals surface area contributed by atoms with Crippen molar-refractivity contribution in [3.63, 3.8) is 0 Å². The molecule has 0 unspecified atom stereocenters. The molecule has 2 fully saturated rings. The van der Waals surface area contributed by atoms with Gasteiger partial charge in [-0.15, -0.1) is 0 Å². The van der Waals surface area contributed by atoms with E-state index in [2.05, 4.69) is 55.9 Å². The molecule has 176 valence electrons. The summed E-state index contributed by atoms with van der Waals surface area (Å²) >= 11 is 1.64. The Morgan fingerprint density at radius 1 is 0.912 bits per heavy atom. The lowest BCUT2D eigenvalue weighted by molar-refractivity contribution is -0.136. The first-order valence-electron chi connectivity index (χ1n) is 11.9. The minimum atomic E-state index is -0.00558. The second-order valence-corrected chi connectivity index (χ2v) is 9.95. The van der Waals surface area contributed by atoms with Crippen LogP contribution in [-0.4, -0.2) is 65.0 Å². The molecule has 2 aliphatic heterocycles. The van der Waals surface area contributed by atoms with Crippen molar-refractivity contribution < 1.29 is 4.79 Å². The summed E-state index contributed by atoms with van der Waals surface area (Å²) in [7, 11) is 0. The van der Waals surface area contributed by atoms with Crippen LogP contribution in [0.1, 0.15) is 18.4 Å². The van der Waals surface area contributed by atoms with E-state index < -0.39 is 0 Å². The third-order valence-electron chi connectivity index (χ3n) is 6.49. The average molecular weight is 475 g/mol. The van der Waals surface area contributed by atoms with Crippen LogP contribution in [-0.2, 0) is 4.79 Å². The highest BCUT2D eigenvalue weighted by atomic mass is 32.2. The Morgan fingerprint density at radius 3 is 2.56 bits per heavy atom. The number of nitrogens with zero attached hydrogens (tertiary/aromatic N) is 6. The SMILES string of the molecule is Cc1cccc(Sc2nccnc2N2CCC[C@H](C(=O)N3CCN(c4ccccn4)CC3)C2)c1. The van der Waals surface area contributed by atoms with Gasteiger partial charge in [0.15, 0.2) is 5.82 Å². The first kappa shape index (κ1) is 22.7. The molecule has 2 saturated heterocycles. The van der Waals surface area contributed by atoms with Crippen molar-refractivity contribution >= 4 is 29.3 Å². The molecule has 3 aromatic rings. The van der Waals surface area contributed by atoms with Crippen molar-refractivity contribution in [1.82, 2.24) is 19.9 Å². The van der Waals surface area contributed by atoms with Crippen LogP contribution in [0.5, 0.6) is 0 Å². The zero-order valence-corrected chi connectivity index (χ0v) is 20.3. The van der Waals surface area contributed by atoms with E-state index in [-0.39, 0.29) is 11.8 Å². The van der Waals surface area contributed by atoms with Gasteiger partial charge in [0, 0.05) is 62.8 Å². The molecular formula is C26H30N6OS. The zero-order valence-electron chi connectivity index (χ0n) is 19.5. The Morgan fingerprint density at radius 2 is 1.76 bits per heavy atom. The number of aryl methyl sites for hydroxylation is 1. The van der Waals surface area contributed by atoms with E-state index in [4.69, 9.17) is 0 Å². The number of piperidine rings is 1. The van der Waals surface area contributed by atoms with Gasteiger partial charge >= 0.3 is 0 Å². The molecule has 7 nitrogen and oxygen atoms in total. The van der Waals surface area contributed by atoms with Crippen molar-refractivity contribution in [2.24, 2.45) is 5.92 Å². The van der Waals surface area contributed by atoms with E-state index in [0.29, 0.717) is 6.54 Å². The Kier molecular flexibility index (Phi) is 6.94. The number of hydrogen-bond acceptors (Lipinski definition) is 7. The smallest absolute Gasteiger partial charge is 0.227 e. The number of rotatable bonds is 5. The molecule has 1 aromatic carbocycles. The molecule has 2 aromatic heterocycles. The van der Waals surface area contributed by atoms with Crippen molar-refractivity contribution in [3.05, 3.63) is 66.6 Å². The fraction of sp³-hybridized carbons (Fsp3) is 0.385. The molecule has 0 radical (unpaired) electrons. The largest absolute Gasteiger partial charge is 0.354 e. The Labute approximate surface area is 205 Å². The number of carbonyl (C=O) groups is 1. The number of piperazine rings is 1. The lowest BCUT2D eigenvalue weighted by Gasteiger charge is -2.39. The third-order valence-corrected chi connectivity index (χ3v) is 7.46. The number of aromatic nitrogens is 3. The van der Waals surface area contributed by atoms with Crippen LogP contribution in [0.15, 0.2) is 71.0 Å². The Bertz CT molecular complexity index is 1120. The molecule has 8 heteroatoms. The topological polar surface area (TPSA) is 65.5 Å². The van der Waals surface area contributed by atoms with Crippen LogP contribution in [0, 0.1) is 12.8 Å². The van der Waals surface area contributed by atoms with Gasteiger partial charge in [0.25, 0.3) is 0 Å². The number of carbonyl (C=O) groups excluding carboxylic acids is 1. The monoisotopic (exact) mass is 474 g/mol. The van der Waals surface area contributed by atoms with E-state index in [1.54, 1.807) is 24.2 Å². The average Bonchev–Trinajstić information content (AvgIpc) is 2.89. The van der Waals surface area contributed by atoms with Crippen LogP contribution in [0.4, 0.5) is 11.6 Å². The fourth-order valence-electron chi connectivity index (χ4n) is 4.72. The van der Waals surface area contributed by atoms with Gasteiger partial charge in [-0.05, 0) is 44.0 Å². The highest BCUT2D eigenvalue weighted by molar-refractivity contribution is 7.99. The van der Waals surface area contributed by atoms with Gasteiger partial charge in [-0.2, -0.15) is 0 Å². The summed E-state index contributed by atoms with van der Waals surface area (Å²) in [5.74, 6) is 2.13. The van der Waals surface area contributed by atoms with Crippen molar-refractivity contribution in [1.29, 1.82) is 0 Å². The third kappa shape index (κ3) is 5.17. The predicted molar refractivity (Wildman–Crippen MR) is 135 cm³/mol. The van der Waals surface area contributed by atoms with Gasteiger partial charge in [0.1, 0.15) is 10.8 Å². The van der Waals surface area contributed by atoms with Crippen LogP contribution in [0.25, 0.3) is 0 Å². The van der Waals surface area contributed by atoms with E-state index in [0.717, 1.165) is 67.1 Å². The van der Waals surface area contributed by atoms with Gasteiger partial charge in [0.2, 0.25) is 5.91 Å². The first-order chi connectivity index (χ1) is 16.7. The fourth-order valence-corrected chi connectivity index (χ4v) is 5.72. The number of pyridine rings is 1.